The number of thioether (sulfide) groups is 1. The minimum Gasteiger partial charge on any atom is -0.480 e. The van der Waals surface area contributed by atoms with Gasteiger partial charge in [0.05, 0.1) is 16.8 Å². The average Bonchev–Trinajstić information content (AvgIpc) is 2.94. The number of hydrogen-bond donors (Lipinski definition) is 1. The van der Waals surface area contributed by atoms with Crippen LogP contribution in [0.2, 0.25) is 0 Å². The zero-order chi connectivity index (χ0) is 14.0. The minimum atomic E-state index is -3.13. The third-order valence-corrected chi connectivity index (χ3v) is 6.56. The Morgan fingerprint density at radius 3 is 2.53 bits per heavy atom. The fourth-order valence-electron chi connectivity index (χ4n) is 2.51. The van der Waals surface area contributed by atoms with E-state index in [9.17, 15) is 18.0 Å². The van der Waals surface area contributed by atoms with Crippen LogP contribution in [0.5, 0.6) is 0 Å². The molecule has 0 spiro atoms. The van der Waals surface area contributed by atoms with Crippen LogP contribution in [0.25, 0.3) is 0 Å². The predicted octanol–water partition coefficient (Wildman–Crippen LogP) is -0.0177. The lowest BCUT2D eigenvalue weighted by Gasteiger charge is -2.28. The lowest BCUT2D eigenvalue weighted by atomic mass is 10.1. The number of carbonyl (C=O) groups is 2. The summed E-state index contributed by atoms with van der Waals surface area (Å²) in [6, 6.07) is -0.477. The highest BCUT2D eigenvalue weighted by Crippen LogP contribution is 2.29. The Labute approximate surface area is 116 Å². The van der Waals surface area contributed by atoms with Gasteiger partial charge < -0.3 is 10.0 Å². The van der Waals surface area contributed by atoms with Crippen molar-refractivity contribution in [1.82, 2.24) is 4.90 Å². The molecule has 2 unspecified atom stereocenters. The van der Waals surface area contributed by atoms with Gasteiger partial charge in [-0.05, 0) is 25.0 Å². The van der Waals surface area contributed by atoms with Crippen molar-refractivity contribution in [2.45, 2.75) is 30.6 Å². The topological polar surface area (TPSA) is 91.8 Å². The highest BCUT2D eigenvalue weighted by Gasteiger charge is 2.38. The molecule has 0 saturated carbocycles. The van der Waals surface area contributed by atoms with Gasteiger partial charge in [-0.2, -0.15) is 0 Å². The zero-order valence-corrected chi connectivity index (χ0v) is 12.1. The molecule has 2 rings (SSSR count). The molecular formula is C11H17NO5S2. The van der Waals surface area contributed by atoms with Crippen molar-refractivity contribution in [1.29, 1.82) is 0 Å². The Hall–Kier alpha value is -0.760. The number of carbonyl (C=O) groups excluding carboxylic acids is 1. The standard InChI is InChI=1S/C11H17NO5S2/c13-10(14)6-12(8-3-5-19(16,17)7-8)11(15)9-2-1-4-18-9/h8-9H,1-7H2,(H,13,14). The molecule has 2 aliphatic heterocycles. The maximum atomic E-state index is 12.3. The van der Waals surface area contributed by atoms with E-state index < -0.39 is 28.4 Å². The number of hydrogen-bond acceptors (Lipinski definition) is 5. The molecule has 19 heavy (non-hydrogen) atoms. The molecule has 6 nitrogen and oxygen atoms in total. The summed E-state index contributed by atoms with van der Waals surface area (Å²) >= 11 is 1.53. The lowest BCUT2D eigenvalue weighted by Crippen LogP contribution is -2.47. The molecule has 8 heteroatoms. The van der Waals surface area contributed by atoms with Crippen molar-refractivity contribution in [3.05, 3.63) is 0 Å². The molecule has 0 aromatic carbocycles. The molecule has 2 atom stereocenters. The predicted molar refractivity (Wildman–Crippen MR) is 71.9 cm³/mol. The highest BCUT2D eigenvalue weighted by molar-refractivity contribution is 8.00. The SMILES string of the molecule is O=C(O)CN(C(=O)C1CCCS1)C1CCS(=O)(=O)C1. The van der Waals surface area contributed by atoms with Gasteiger partial charge in [-0.25, -0.2) is 8.42 Å². The first-order chi connectivity index (χ1) is 8.89. The molecule has 0 aliphatic carbocycles. The third-order valence-electron chi connectivity index (χ3n) is 3.44. The number of rotatable bonds is 4. The van der Waals surface area contributed by atoms with Crippen LogP contribution in [0.4, 0.5) is 0 Å². The van der Waals surface area contributed by atoms with Crippen LogP contribution in [-0.4, -0.2) is 65.4 Å². The summed E-state index contributed by atoms with van der Waals surface area (Å²) in [6.45, 7) is -0.407. The van der Waals surface area contributed by atoms with Gasteiger partial charge in [0.2, 0.25) is 5.91 Å². The number of carboxylic acid groups (broad SMARTS) is 1. The van der Waals surface area contributed by atoms with Gasteiger partial charge >= 0.3 is 5.97 Å². The Morgan fingerprint density at radius 1 is 1.32 bits per heavy atom. The summed E-state index contributed by atoms with van der Waals surface area (Å²) in [4.78, 5) is 24.5. The summed E-state index contributed by atoms with van der Waals surface area (Å²) in [5.74, 6) is -0.476. The molecule has 2 aliphatic rings. The molecule has 2 saturated heterocycles. The third kappa shape index (κ3) is 3.62. The number of nitrogens with zero attached hydrogens (tertiary/aromatic N) is 1. The van der Waals surface area contributed by atoms with Gasteiger partial charge in [-0.3, -0.25) is 9.59 Å². The molecule has 1 N–H and O–H groups in total. The van der Waals surface area contributed by atoms with E-state index in [2.05, 4.69) is 0 Å². The van der Waals surface area contributed by atoms with E-state index >= 15 is 0 Å². The quantitative estimate of drug-likeness (QED) is 0.785. The Kier molecular flexibility index (Phi) is 4.39. The maximum Gasteiger partial charge on any atom is 0.323 e. The van der Waals surface area contributed by atoms with Gasteiger partial charge in [0.15, 0.2) is 9.84 Å². The first-order valence-corrected chi connectivity index (χ1v) is 9.10. The Balaban J connectivity index is 2.11. The molecular weight excluding hydrogens is 290 g/mol. The van der Waals surface area contributed by atoms with E-state index in [1.165, 1.54) is 16.7 Å². The fraction of sp³-hybridized carbons (Fsp3) is 0.818. The first kappa shape index (κ1) is 14.6. The highest BCUT2D eigenvalue weighted by atomic mass is 32.2. The summed E-state index contributed by atoms with van der Waals surface area (Å²) in [5, 5.41) is 8.71. The van der Waals surface area contributed by atoms with Crippen LogP contribution < -0.4 is 0 Å². The molecule has 0 aromatic rings. The Morgan fingerprint density at radius 2 is 2.05 bits per heavy atom. The van der Waals surface area contributed by atoms with Crippen molar-refractivity contribution in [2.75, 3.05) is 23.8 Å². The summed E-state index contributed by atoms with van der Waals surface area (Å²) in [6.07, 6.45) is 2.04. The van der Waals surface area contributed by atoms with Gasteiger partial charge in [-0.15, -0.1) is 11.8 Å². The number of carboxylic acids is 1. The van der Waals surface area contributed by atoms with E-state index in [1.807, 2.05) is 0 Å². The summed E-state index contributed by atoms with van der Waals surface area (Å²) in [5.41, 5.74) is 0. The van der Waals surface area contributed by atoms with Crippen molar-refractivity contribution < 1.29 is 23.1 Å². The first-order valence-electron chi connectivity index (χ1n) is 6.23. The van der Waals surface area contributed by atoms with Gasteiger partial charge in [0, 0.05) is 6.04 Å². The van der Waals surface area contributed by atoms with Gasteiger partial charge in [0.1, 0.15) is 6.54 Å². The average molecular weight is 307 g/mol. The minimum absolute atomic E-state index is 0.0406. The summed E-state index contributed by atoms with van der Waals surface area (Å²) < 4.78 is 23.0. The van der Waals surface area contributed by atoms with Crippen molar-refractivity contribution in [3.8, 4) is 0 Å². The zero-order valence-electron chi connectivity index (χ0n) is 10.4. The van der Waals surface area contributed by atoms with Crippen LogP contribution in [0, 0.1) is 0 Å². The fourth-order valence-corrected chi connectivity index (χ4v) is 5.47. The van der Waals surface area contributed by atoms with Crippen LogP contribution in [0.3, 0.4) is 0 Å². The van der Waals surface area contributed by atoms with Crippen LogP contribution >= 0.6 is 11.8 Å². The second kappa shape index (κ2) is 5.70. The van der Waals surface area contributed by atoms with Crippen molar-refractivity contribution >= 4 is 33.5 Å². The number of aliphatic carboxylic acids is 1. The second-order valence-electron chi connectivity index (χ2n) is 4.92. The van der Waals surface area contributed by atoms with E-state index in [1.54, 1.807) is 0 Å². The van der Waals surface area contributed by atoms with Crippen molar-refractivity contribution in [2.24, 2.45) is 0 Å². The molecule has 2 fully saturated rings. The van der Waals surface area contributed by atoms with Crippen LogP contribution in [0.1, 0.15) is 19.3 Å². The molecule has 108 valence electrons. The Bertz CT molecular complexity index is 469. The number of sulfone groups is 1. The molecule has 2 heterocycles. The smallest absolute Gasteiger partial charge is 0.323 e. The van der Waals surface area contributed by atoms with E-state index in [4.69, 9.17) is 5.11 Å². The molecule has 1 amide bonds. The molecule has 0 bridgehead atoms. The van der Waals surface area contributed by atoms with Crippen LogP contribution in [-0.2, 0) is 19.4 Å². The van der Waals surface area contributed by atoms with E-state index in [0.29, 0.717) is 6.42 Å². The molecule has 0 radical (unpaired) electrons. The maximum absolute atomic E-state index is 12.3. The van der Waals surface area contributed by atoms with Crippen LogP contribution in [0.15, 0.2) is 0 Å². The normalized spacial score (nSPS) is 29.3. The largest absolute Gasteiger partial charge is 0.480 e. The van der Waals surface area contributed by atoms with E-state index in [0.717, 1.165) is 18.6 Å². The van der Waals surface area contributed by atoms with Crippen molar-refractivity contribution in [3.63, 3.8) is 0 Å². The molecule has 0 aromatic heterocycles. The lowest BCUT2D eigenvalue weighted by molar-refractivity contribution is -0.145. The van der Waals surface area contributed by atoms with Gasteiger partial charge in [-0.1, -0.05) is 0 Å². The summed E-state index contributed by atoms with van der Waals surface area (Å²) in [7, 11) is -3.13. The second-order valence-corrected chi connectivity index (χ2v) is 8.46. The number of amides is 1. The van der Waals surface area contributed by atoms with Gasteiger partial charge in [0.25, 0.3) is 0 Å². The van der Waals surface area contributed by atoms with E-state index in [-0.39, 0.29) is 22.7 Å². The monoisotopic (exact) mass is 307 g/mol.